The van der Waals surface area contributed by atoms with Gasteiger partial charge >= 0.3 is 5.97 Å². The molecule has 0 fully saturated rings. The van der Waals surface area contributed by atoms with Gasteiger partial charge in [-0.1, -0.05) is 12.1 Å². The monoisotopic (exact) mass is 260 g/mol. The molecule has 0 radical (unpaired) electrons. The second-order valence-corrected chi connectivity index (χ2v) is 5.01. The molecular weight excluding hydrogens is 248 g/mol. The van der Waals surface area contributed by atoms with Gasteiger partial charge in [0.15, 0.2) is 5.69 Å². The Morgan fingerprint density at radius 2 is 2.22 bits per heavy atom. The molecule has 0 aliphatic heterocycles. The molecule has 0 amide bonds. The fourth-order valence-electron chi connectivity index (χ4n) is 1.98. The molecule has 0 aliphatic rings. The van der Waals surface area contributed by atoms with Crippen LogP contribution < -0.4 is 0 Å². The molecule has 0 bridgehead atoms. The summed E-state index contributed by atoms with van der Waals surface area (Å²) in [6.07, 6.45) is 0. The quantitative estimate of drug-likeness (QED) is 0.665. The van der Waals surface area contributed by atoms with Crippen LogP contribution >= 0.6 is 11.3 Å². The number of hydrogen-bond acceptors (Lipinski definition) is 4. The molecule has 1 aromatic carbocycles. The van der Waals surface area contributed by atoms with E-state index in [1.54, 1.807) is 18.3 Å². The van der Waals surface area contributed by atoms with Gasteiger partial charge in [0, 0.05) is 5.56 Å². The van der Waals surface area contributed by atoms with Gasteiger partial charge in [-0.05, 0) is 26.0 Å². The van der Waals surface area contributed by atoms with E-state index < -0.39 is 0 Å². The molecule has 0 atom stereocenters. The Hall–Kier alpha value is -1.88. The highest BCUT2D eigenvalue weighted by Crippen LogP contribution is 2.29. The summed E-state index contributed by atoms with van der Waals surface area (Å²) in [7, 11) is 0. The molecule has 0 unspecified atom stereocenters. The number of carbonyl (C=O) groups excluding carboxylic acids is 1. The fourth-order valence-corrected chi connectivity index (χ4v) is 3.07. The lowest BCUT2D eigenvalue weighted by Crippen LogP contribution is -2.07. The van der Waals surface area contributed by atoms with Gasteiger partial charge in [0.25, 0.3) is 0 Å². The highest BCUT2D eigenvalue weighted by atomic mass is 32.1. The highest BCUT2D eigenvalue weighted by molar-refractivity contribution is 7.24. The van der Waals surface area contributed by atoms with Gasteiger partial charge in [-0.15, -0.1) is 11.3 Å². The van der Waals surface area contributed by atoms with E-state index >= 15 is 0 Å². The molecular formula is C13H12N2O2S. The number of aromatic nitrogens is 2. The molecule has 0 saturated heterocycles. The fraction of sp³-hybridized carbons (Fsp3) is 0.231. The van der Waals surface area contributed by atoms with E-state index in [-0.39, 0.29) is 5.97 Å². The van der Waals surface area contributed by atoms with Crippen LogP contribution in [0, 0.1) is 6.92 Å². The van der Waals surface area contributed by atoms with Crippen LogP contribution in [0.25, 0.3) is 15.0 Å². The number of para-hydroxylation sites is 1. The van der Waals surface area contributed by atoms with E-state index in [0.29, 0.717) is 12.3 Å². The number of hydrogen-bond donors (Lipinski definition) is 0. The van der Waals surface area contributed by atoms with E-state index in [0.717, 1.165) is 15.9 Å². The number of ether oxygens (including phenoxy) is 1. The van der Waals surface area contributed by atoms with Gasteiger partial charge in [-0.25, -0.2) is 9.31 Å². The molecule has 0 spiro atoms. The van der Waals surface area contributed by atoms with Crippen LogP contribution in [-0.4, -0.2) is 22.2 Å². The third-order valence-corrected chi connectivity index (χ3v) is 4.07. The molecule has 4 nitrogen and oxygen atoms in total. The van der Waals surface area contributed by atoms with Crippen LogP contribution in [0.4, 0.5) is 0 Å². The van der Waals surface area contributed by atoms with Gasteiger partial charge in [-0.2, -0.15) is 5.10 Å². The van der Waals surface area contributed by atoms with E-state index in [2.05, 4.69) is 11.2 Å². The van der Waals surface area contributed by atoms with Crippen molar-refractivity contribution in [2.45, 2.75) is 13.8 Å². The lowest BCUT2D eigenvalue weighted by molar-refractivity contribution is 0.0518. The van der Waals surface area contributed by atoms with Gasteiger partial charge in [0.1, 0.15) is 4.83 Å². The van der Waals surface area contributed by atoms with E-state index in [9.17, 15) is 4.79 Å². The van der Waals surface area contributed by atoms with E-state index in [4.69, 9.17) is 4.74 Å². The number of nitrogens with zero attached hydrogens (tertiary/aromatic N) is 2. The Balaban J connectivity index is 2.25. The summed E-state index contributed by atoms with van der Waals surface area (Å²) < 4.78 is 8.00. The van der Waals surface area contributed by atoms with Crippen molar-refractivity contribution in [2.24, 2.45) is 0 Å². The summed E-state index contributed by atoms with van der Waals surface area (Å²) in [6, 6.07) is 8.02. The Labute approximate surface area is 108 Å². The van der Waals surface area contributed by atoms with Crippen molar-refractivity contribution < 1.29 is 9.53 Å². The molecule has 0 N–H and O–H groups in total. The molecule has 0 saturated carbocycles. The number of carbonyl (C=O) groups is 1. The minimum atomic E-state index is -0.352. The first-order valence-corrected chi connectivity index (χ1v) is 6.58. The standard InChI is InChI=1S/C13H12N2O2S/c1-3-17-13(16)11-8(2)12-15(14-11)9-6-4-5-7-10(9)18-12/h4-7H,3H2,1-2H3. The first-order valence-electron chi connectivity index (χ1n) is 5.76. The third kappa shape index (κ3) is 1.51. The Morgan fingerprint density at radius 1 is 1.44 bits per heavy atom. The van der Waals surface area contributed by atoms with Gasteiger partial charge in [0.05, 0.1) is 16.8 Å². The molecule has 5 heteroatoms. The second-order valence-electron chi connectivity index (χ2n) is 3.98. The highest BCUT2D eigenvalue weighted by Gasteiger charge is 2.19. The molecule has 2 aromatic heterocycles. The lowest BCUT2D eigenvalue weighted by atomic mass is 10.3. The molecule has 2 heterocycles. The minimum Gasteiger partial charge on any atom is -0.461 e. The number of rotatable bonds is 2. The summed E-state index contributed by atoms with van der Waals surface area (Å²) in [5.74, 6) is -0.352. The van der Waals surface area contributed by atoms with Crippen molar-refractivity contribution in [1.29, 1.82) is 0 Å². The maximum atomic E-state index is 11.8. The SMILES string of the molecule is CCOC(=O)c1nn2c(sc3ccccc32)c1C. The number of fused-ring (bicyclic) bond motifs is 3. The smallest absolute Gasteiger partial charge is 0.359 e. The Bertz CT molecular complexity index is 742. The number of aryl methyl sites for hydroxylation is 1. The van der Waals surface area contributed by atoms with Crippen LogP contribution in [0.3, 0.4) is 0 Å². The lowest BCUT2D eigenvalue weighted by Gasteiger charge is -1.98. The second kappa shape index (κ2) is 4.10. The predicted molar refractivity (Wildman–Crippen MR) is 71.3 cm³/mol. The zero-order valence-corrected chi connectivity index (χ0v) is 11.0. The first kappa shape index (κ1) is 11.2. The number of esters is 1. The number of benzene rings is 1. The Morgan fingerprint density at radius 3 is 3.00 bits per heavy atom. The number of thiazole rings is 1. The molecule has 3 aromatic rings. The minimum absolute atomic E-state index is 0.352. The van der Waals surface area contributed by atoms with Crippen molar-refractivity contribution in [1.82, 2.24) is 9.61 Å². The average Bonchev–Trinajstić information content (AvgIpc) is 2.88. The van der Waals surface area contributed by atoms with Gasteiger partial charge in [-0.3, -0.25) is 0 Å². The first-order chi connectivity index (χ1) is 8.72. The van der Waals surface area contributed by atoms with Crippen LogP contribution in [0.15, 0.2) is 24.3 Å². The zero-order valence-electron chi connectivity index (χ0n) is 10.1. The normalized spacial score (nSPS) is 11.2. The largest absolute Gasteiger partial charge is 0.461 e. The van der Waals surface area contributed by atoms with Gasteiger partial charge in [0.2, 0.25) is 0 Å². The van der Waals surface area contributed by atoms with Crippen molar-refractivity contribution in [2.75, 3.05) is 6.61 Å². The maximum absolute atomic E-state index is 11.8. The van der Waals surface area contributed by atoms with Crippen LogP contribution in [0.5, 0.6) is 0 Å². The van der Waals surface area contributed by atoms with Crippen LogP contribution in [0.1, 0.15) is 23.0 Å². The summed E-state index contributed by atoms with van der Waals surface area (Å²) in [5.41, 5.74) is 2.32. The van der Waals surface area contributed by atoms with Gasteiger partial charge < -0.3 is 4.74 Å². The van der Waals surface area contributed by atoms with Crippen molar-refractivity contribution in [3.63, 3.8) is 0 Å². The van der Waals surface area contributed by atoms with Crippen molar-refractivity contribution >= 4 is 32.4 Å². The zero-order chi connectivity index (χ0) is 12.7. The third-order valence-electron chi connectivity index (χ3n) is 2.84. The van der Waals surface area contributed by atoms with Crippen molar-refractivity contribution in [3.8, 4) is 0 Å². The molecule has 92 valence electrons. The van der Waals surface area contributed by atoms with Crippen LogP contribution in [-0.2, 0) is 4.74 Å². The summed E-state index contributed by atoms with van der Waals surface area (Å²) in [6.45, 7) is 4.06. The summed E-state index contributed by atoms with van der Waals surface area (Å²) >= 11 is 1.64. The van der Waals surface area contributed by atoms with Crippen molar-refractivity contribution in [3.05, 3.63) is 35.5 Å². The summed E-state index contributed by atoms with van der Waals surface area (Å²) in [4.78, 5) is 12.8. The van der Waals surface area contributed by atoms with E-state index in [1.807, 2.05) is 29.6 Å². The molecule has 18 heavy (non-hydrogen) atoms. The van der Waals surface area contributed by atoms with Crippen LogP contribution in [0.2, 0.25) is 0 Å². The topological polar surface area (TPSA) is 43.6 Å². The maximum Gasteiger partial charge on any atom is 0.359 e. The summed E-state index contributed by atoms with van der Waals surface area (Å²) in [5, 5.41) is 4.37. The Kier molecular flexibility index (Phi) is 2.56. The predicted octanol–water partition coefficient (Wildman–Crippen LogP) is 3.03. The molecule has 3 rings (SSSR count). The average molecular weight is 260 g/mol. The van der Waals surface area contributed by atoms with E-state index in [1.165, 1.54) is 4.70 Å². The molecule has 0 aliphatic carbocycles.